The second-order valence-electron chi connectivity index (χ2n) is 3.69. The molecule has 13 heavy (non-hydrogen) atoms. The van der Waals surface area contributed by atoms with Gasteiger partial charge >= 0.3 is 0 Å². The normalized spacial score (nSPS) is 16.5. The minimum absolute atomic E-state index is 0.312. The fourth-order valence-corrected chi connectivity index (χ4v) is 1.00. The molecule has 0 rings (SSSR count). The molecule has 0 aromatic heterocycles. The molecule has 0 aliphatic carbocycles. The fourth-order valence-electron chi connectivity index (χ4n) is 1.00. The first-order valence-electron chi connectivity index (χ1n) is 4.24. The molecular weight excluding hydrogens is 164 g/mol. The molecule has 0 aliphatic rings. The van der Waals surface area contributed by atoms with Crippen molar-refractivity contribution in [3.8, 4) is 6.07 Å². The molecule has 1 atom stereocenters. The molecule has 2 N–H and O–H groups in total. The van der Waals surface area contributed by atoms with Crippen LogP contribution in [0.4, 0.5) is 0 Å². The molecule has 0 saturated heterocycles. The molecule has 0 radical (unpaired) electrons. The molecule has 3 nitrogen and oxygen atoms in total. The highest BCUT2D eigenvalue weighted by Crippen LogP contribution is 2.26. The summed E-state index contributed by atoms with van der Waals surface area (Å²) >= 11 is 0. The number of amides is 1. The lowest BCUT2D eigenvalue weighted by molar-refractivity contribution is -0.122. The van der Waals surface area contributed by atoms with Gasteiger partial charge in [0.2, 0.25) is 5.91 Å². The Morgan fingerprint density at radius 2 is 2.08 bits per heavy atom. The third kappa shape index (κ3) is 2.59. The summed E-state index contributed by atoms with van der Waals surface area (Å²) in [7, 11) is 0. The monoisotopic (exact) mass is 180 g/mol. The molecule has 3 heteroatoms. The Morgan fingerprint density at radius 1 is 1.62 bits per heavy atom. The van der Waals surface area contributed by atoms with E-state index in [0.717, 1.165) is 5.57 Å². The highest BCUT2D eigenvalue weighted by atomic mass is 16.1. The first-order valence-corrected chi connectivity index (χ1v) is 4.24. The van der Waals surface area contributed by atoms with E-state index in [4.69, 9.17) is 11.0 Å². The second-order valence-corrected chi connectivity index (χ2v) is 3.69. The topological polar surface area (TPSA) is 66.9 Å². The number of primary amides is 1. The highest BCUT2D eigenvalue weighted by Gasteiger charge is 2.32. The van der Waals surface area contributed by atoms with Crippen LogP contribution in [0.1, 0.15) is 27.7 Å². The van der Waals surface area contributed by atoms with Crippen molar-refractivity contribution in [1.29, 1.82) is 5.26 Å². The Bertz CT molecular complexity index is 273. The number of carbonyl (C=O) groups excluding carboxylic acids is 1. The summed E-state index contributed by atoms with van der Waals surface area (Å²) in [4.78, 5) is 11.0. The van der Waals surface area contributed by atoms with Crippen molar-refractivity contribution in [3.63, 3.8) is 0 Å². The quantitative estimate of drug-likeness (QED) is 0.670. The number of carbonyl (C=O) groups is 1. The Hall–Kier alpha value is -1.30. The molecule has 0 bridgehead atoms. The zero-order chi connectivity index (χ0) is 10.6. The number of hydrogen-bond acceptors (Lipinski definition) is 2. The van der Waals surface area contributed by atoms with Crippen LogP contribution < -0.4 is 5.73 Å². The molecule has 0 spiro atoms. The van der Waals surface area contributed by atoms with Gasteiger partial charge in [-0.25, -0.2) is 0 Å². The van der Waals surface area contributed by atoms with Crippen molar-refractivity contribution >= 4 is 5.91 Å². The molecule has 0 aliphatic heterocycles. The Kier molecular flexibility index (Phi) is 3.68. The molecule has 0 saturated carbocycles. The van der Waals surface area contributed by atoms with Crippen molar-refractivity contribution in [2.24, 2.45) is 17.1 Å². The number of hydrogen-bond donors (Lipinski definition) is 1. The van der Waals surface area contributed by atoms with Crippen LogP contribution in [0, 0.1) is 22.7 Å². The number of nitrogens with zero attached hydrogens (tertiary/aromatic N) is 1. The molecule has 0 aromatic carbocycles. The molecule has 0 fully saturated rings. The van der Waals surface area contributed by atoms with Crippen LogP contribution in [-0.2, 0) is 4.79 Å². The highest BCUT2D eigenvalue weighted by molar-refractivity contribution is 5.86. The predicted molar refractivity (Wildman–Crippen MR) is 51.5 cm³/mol. The summed E-state index contributed by atoms with van der Waals surface area (Å²) in [6.07, 6.45) is 1.88. The van der Waals surface area contributed by atoms with E-state index in [-0.39, 0.29) is 0 Å². The second kappa shape index (κ2) is 4.08. The number of nitrogens with two attached hydrogens (primary N) is 1. The zero-order valence-corrected chi connectivity index (χ0v) is 8.59. The minimum Gasteiger partial charge on any atom is -0.368 e. The first kappa shape index (κ1) is 11.7. The summed E-state index contributed by atoms with van der Waals surface area (Å²) in [6.45, 7) is 7.28. The van der Waals surface area contributed by atoms with E-state index in [1.807, 2.05) is 26.0 Å². The van der Waals surface area contributed by atoms with Gasteiger partial charge in [-0.1, -0.05) is 19.9 Å². The summed E-state index contributed by atoms with van der Waals surface area (Å²) in [5.41, 5.74) is 4.71. The maximum absolute atomic E-state index is 11.0. The standard InChI is InChI=1S/C10H16N2O/c1-7(2)5-8(3)10(4,6-11)9(12)13/h5,7H,1-4H3,(H2,12,13)/b8-5-/t10-/m0/s1. The smallest absolute Gasteiger partial charge is 0.241 e. The average molecular weight is 180 g/mol. The Balaban J connectivity index is 5.02. The van der Waals surface area contributed by atoms with E-state index in [0.29, 0.717) is 5.92 Å². The van der Waals surface area contributed by atoms with Crippen molar-refractivity contribution in [3.05, 3.63) is 11.6 Å². The first-order chi connectivity index (χ1) is 5.84. The average Bonchev–Trinajstić information content (AvgIpc) is 2.01. The van der Waals surface area contributed by atoms with E-state index in [9.17, 15) is 4.79 Å². The number of nitriles is 1. The fraction of sp³-hybridized carbons (Fsp3) is 0.600. The maximum atomic E-state index is 11.0. The van der Waals surface area contributed by atoms with E-state index < -0.39 is 11.3 Å². The van der Waals surface area contributed by atoms with Crippen LogP contribution in [0.25, 0.3) is 0 Å². The molecule has 0 aromatic rings. The van der Waals surface area contributed by atoms with E-state index in [1.54, 1.807) is 13.8 Å². The largest absolute Gasteiger partial charge is 0.368 e. The summed E-state index contributed by atoms with van der Waals surface area (Å²) in [6, 6.07) is 1.94. The van der Waals surface area contributed by atoms with Crippen molar-refractivity contribution in [2.75, 3.05) is 0 Å². The van der Waals surface area contributed by atoms with Gasteiger partial charge in [0.15, 0.2) is 5.41 Å². The Labute approximate surface area is 79.2 Å². The lowest BCUT2D eigenvalue weighted by Gasteiger charge is -2.18. The van der Waals surface area contributed by atoms with Gasteiger partial charge < -0.3 is 5.73 Å². The minimum atomic E-state index is -1.16. The number of rotatable bonds is 3. The van der Waals surface area contributed by atoms with Crippen LogP contribution in [0.3, 0.4) is 0 Å². The molecule has 0 unspecified atom stereocenters. The van der Waals surface area contributed by atoms with Gasteiger partial charge in [0.1, 0.15) is 0 Å². The SMILES string of the molecule is C/C(=C/C(C)C)[C@](C)(C#N)C(N)=O. The van der Waals surface area contributed by atoms with E-state index in [1.165, 1.54) is 0 Å². The third-order valence-corrected chi connectivity index (χ3v) is 2.09. The van der Waals surface area contributed by atoms with Crippen LogP contribution in [-0.4, -0.2) is 5.91 Å². The lowest BCUT2D eigenvalue weighted by Crippen LogP contribution is -2.34. The van der Waals surface area contributed by atoms with Gasteiger partial charge in [-0.15, -0.1) is 0 Å². The summed E-state index contributed by atoms with van der Waals surface area (Å²) in [5, 5.41) is 8.85. The van der Waals surface area contributed by atoms with E-state index in [2.05, 4.69) is 0 Å². The van der Waals surface area contributed by atoms with Crippen molar-refractivity contribution in [1.82, 2.24) is 0 Å². The van der Waals surface area contributed by atoms with Gasteiger partial charge in [-0.3, -0.25) is 4.79 Å². The molecular formula is C10H16N2O. The van der Waals surface area contributed by atoms with Gasteiger partial charge in [0.05, 0.1) is 6.07 Å². The molecule has 1 amide bonds. The third-order valence-electron chi connectivity index (χ3n) is 2.09. The van der Waals surface area contributed by atoms with Crippen LogP contribution in [0.2, 0.25) is 0 Å². The maximum Gasteiger partial charge on any atom is 0.241 e. The van der Waals surface area contributed by atoms with Crippen molar-refractivity contribution < 1.29 is 4.79 Å². The number of allylic oxidation sites excluding steroid dienone is 1. The zero-order valence-electron chi connectivity index (χ0n) is 8.59. The molecule has 72 valence electrons. The van der Waals surface area contributed by atoms with Crippen molar-refractivity contribution in [2.45, 2.75) is 27.7 Å². The van der Waals surface area contributed by atoms with E-state index >= 15 is 0 Å². The van der Waals surface area contributed by atoms with Gasteiger partial charge in [-0.2, -0.15) is 5.26 Å². The Morgan fingerprint density at radius 3 is 2.31 bits per heavy atom. The van der Waals surface area contributed by atoms with Crippen LogP contribution >= 0.6 is 0 Å². The summed E-state index contributed by atoms with van der Waals surface area (Å²) in [5.74, 6) is -0.281. The van der Waals surface area contributed by atoms with Gasteiger partial charge in [0, 0.05) is 0 Å². The summed E-state index contributed by atoms with van der Waals surface area (Å²) < 4.78 is 0. The predicted octanol–water partition coefficient (Wildman–Crippen LogP) is 1.60. The van der Waals surface area contributed by atoms with Gasteiger partial charge in [-0.05, 0) is 25.3 Å². The van der Waals surface area contributed by atoms with Crippen LogP contribution in [0.5, 0.6) is 0 Å². The lowest BCUT2D eigenvalue weighted by atomic mass is 9.82. The molecule has 0 heterocycles. The van der Waals surface area contributed by atoms with Crippen LogP contribution in [0.15, 0.2) is 11.6 Å². The van der Waals surface area contributed by atoms with Gasteiger partial charge in [0.25, 0.3) is 0 Å².